The Balaban J connectivity index is 2.04. The highest BCUT2D eigenvalue weighted by molar-refractivity contribution is 9.10. The number of guanidine groups is 1. The van der Waals surface area contributed by atoms with E-state index in [0.717, 1.165) is 16.4 Å². The van der Waals surface area contributed by atoms with Crippen LogP contribution >= 0.6 is 15.9 Å². The molecule has 0 bridgehead atoms. The summed E-state index contributed by atoms with van der Waals surface area (Å²) in [5, 5.41) is 4.32. The minimum absolute atomic E-state index is 0.313. The van der Waals surface area contributed by atoms with Gasteiger partial charge in [-0.1, -0.05) is 15.9 Å². The van der Waals surface area contributed by atoms with Crippen LogP contribution in [0.3, 0.4) is 0 Å². The van der Waals surface area contributed by atoms with Gasteiger partial charge in [-0.15, -0.1) is 0 Å². The van der Waals surface area contributed by atoms with Crippen molar-refractivity contribution in [2.24, 2.45) is 10.7 Å². The molecule has 4 nitrogen and oxygen atoms in total. The number of aromatic nitrogens is 1. The van der Waals surface area contributed by atoms with Gasteiger partial charge in [0.25, 0.3) is 0 Å². The van der Waals surface area contributed by atoms with Crippen molar-refractivity contribution in [1.29, 1.82) is 0 Å². The van der Waals surface area contributed by atoms with Gasteiger partial charge in [0.15, 0.2) is 5.96 Å². The van der Waals surface area contributed by atoms with Crippen LogP contribution in [0.5, 0.6) is 0 Å². The Morgan fingerprint density at radius 1 is 1.47 bits per heavy atom. The molecule has 0 amide bonds. The second-order valence-electron chi connectivity index (χ2n) is 4.82. The van der Waals surface area contributed by atoms with Crippen LogP contribution in [0.25, 0.3) is 10.9 Å². The number of aliphatic imine (C=N–C) groups is 1. The van der Waals surface area contributed by atoms with Crippen LogP contribution in [0, 0.1) is 0 Å². The Labute approximate surface area is 121 Å². The number of nitrogens with zero attached hydrogens (tertiary/aromatic N) is 1. The van der Waals surface area contributed by atoms with E-state index in [1.807, 2.05) is 26.1 Å². The van der Waals surface area contributed by atoms with Crippen molar-refractivity contribution < 1.29 is 0 Å². The fourth-order valence-corrected chi connectivity index (χ4v) is 2.36. The molecule has 2 aromatic rings. The highest BCUT2D eigenvalue weighted by Gasteiger charge is 2.04. The van der Waals surface area contributed by atoms with Crippen LogP contribution in [0.2, 0.25) is 0 Å². The maximum Gasteiger partial charge on any atom is 0.188 e. The van der Waals surface area contributed by atoms with Gasteiger partial charge in [-0.25, -0.2) is 0 Å². The molecule has 0 saturated heterocycles. The van der Waals surface area contributed by atoms with E-state index >= 15 is 0 Å². The molecule has 0 aliphatic rings. The summed E-state index contributed by atoms with van der Waals surface area (Å²) in [5.41, 5.74) is 8.18. The highest BCUT2D eigenvalue weighted by atomic mass is 79.9. The number of H-pyrrole nitrogens is 1. The van der Waals surface area contributed by atoms with Crippen LogP contribution in [-0.2, 0) is 6.42 Å². The second-order valence-corrected chi connectivity index (χ2v) is 5.74. The number of rotatable bonds is 4. The Morgan fingerprint density at radius 2 is 2.26 bits per heavy atom. The summed E-state index contributed by atoms with van der Waals surface area (Å²) in [6, 6.07) is 6.54. The van der Waals surface area contributed by atoms with Gasteiger partial charge in [0, 0.05) is 34.2 Å². The first-order chi connectivity index (χ1) is 9.06. The van der Waals surface area contributed by atoms with E-state index < -0.39 is 0 Å². The van der Waals surface area contributed by atoms with Crippen molar-refractivity contribution in [3.8, 4) is 0 Å². The number of nitrogens with one attached hydrogen (secondary N) is 2. The van der Waals surface area contributed by atoms with Gasteiger partial charge < -0.3 is 16.0 Å². The fourth-order valence-electron chi connectivity index (χ4n) is 2.00. The number of aromatic amines is 1. The molecule has 1 heterocycles. The molecule has 0 radical (unpaired) electrons. The predicted octanol–water partition coefficient (Wildman–Crippen LogP) is 2.79. The molecule has 19 heavy (non-hydrogen) atoms. The van der Waals surface area contributed by atoms with Crippen LogP contribution in [0.15, 0.2) is 33.9 Å². The van der Waals surface area contributed by atoms with E-state index in [2.05, 4.69) is 43.4 Å². The maximum absolute atomic E-state index is 5.77. The molecule has 0 aliphatic heterocycles. The van der Waals surface area contributed by atoms with Crippen molar-refractivity contribution in [2.75, 3.05) is 6.54 Å². The Hall–Kier alpha value is -1.49. The third-order valence-corrected chi connectivity index (χ3v) is 3.32. The first-order valence-electron chi connectivity index (χ1n) is 6.38. The lowest BCUT2D eigenvalue weighted by atomic mass is 10.1. The third-order valence-electron chi connectivity index (χ3n) is 2.83. The average molecular weight is 323 g/mol. The Morgan fingerprint density at radius 3 is 3.00 bits per heavy atom. The number of halogens is 1. The Bertz CT molecular complexity index is 586. The molecule has 0 spiro atoms. The summed E-state index contributed by atoms with van der Waals surface area (Å²) in [5.74, 6) is 0.510. The standard InChI is InChI=1S/C14H19BrN4/c1-9(2)19-14(16)17-6-5-10-8-18-13-4-3-11(15)7-12(10)13/h3-4,7-9,18H,5-6H2,1-2H3,(H3,16,17,19). The molecule has 1 aromatic heterocycles. The zero-order valence-electron chi connectivity index (χ0n) is 11.2. The van der Waals surface area contributed by atoms with E-state index in [0.29, 0.717) is 18.5 Å². The monoisotopic (exact) mass is 322 g/mol. The predicted molar refractivity (Wildman–Crippen MR) is 84.5 cm³/mol. The SMILES string of the molecule is CC(C)NC(N)=NCCc1c[nH]c2ccc(Br)cc12. The van der Waals surface area contributed by atoms with Gasteiger partial charge >= 0.3 is 0 Å². The van der Waals surface area contributed by atoms with Gasteiger partial charge in [0.2, 0.25) is 0 Å². The lowest BCUT2D eigenvalue weighted by Crippen LogP contribution is -2.36. The van der Waals surface area contributed by atoms with Crippen LogP contribution in [-0.4, -0.2) is 23.5 Å². The van der Waals surface area contributed by atoms with Gasteiger partial charge in [0.1, 0.15) is 0 Å². The number of fused-ring (bicyclic) bond motifs is 1. The molecule has 0 saturated carbocycles. The number of hydrogen-bond acceptors (Lipinski definition) is 1. The first-order valence-corrected chi connectivity index (χ1v) is 7.17. The zero-order valence-corrected chi connectivity index (χ0v) is 12.8. The summed E-state index contributed by atoms with van der Waals surface area (Å²) in [6.45, 7) is 4.77. The van der Waals surface area contributed by atoms with E-state index in [1.54, 1.807) is 0 Å². The topological polar surface area (TPSA) is 66.2 Å². The van der Waals surface area contributed by atoms with Crippen molar-refractivity contribution in [1.82, 2.24) is 10.3 Å². The summed E-state index contributed by atoms with van der Waals surface area (Å²) in [6.07, 6.45) is 2.91. The molecule has 0 atom stereocenters. The first kappa shape index (κ1) is 13.9. The molecule has 0 unspecified atom stereocenters. The normalized spacial score (nSPS) is 12.3. The fraction of sp³-hybridized carbons (Fsp3) is 0.357. The minimum Gasteiger partial charge on any atom is -0.370 e. The minimum atomic E-state index is 0.313. The van der Waals surface area contributed by atoms with E-state index in [-0.39, 0.29) is 0 Å². The number of nitrogens with two attached hydrogens (primary N) is 1. The third kappa shape index (κ3) is 3.73. The molecular weight excluding hydrogens is 304 g/mol. The van der Waals surface area contributed by atoms with Crippen LogP contribution in [0.4, 0.5) is 0 Å². The molecule has 102 valence electrons. The second kappa shape index (κ2) is 6.10. The van der Waals surface area contributed by atoms with E-state index in [4.69, 9.17) is 5.73 Å². The van der Waals surface area contributed by atoms with Gasteiger partial charge in [-0.05, 0) is 44.0 Å². The largest absolute Gasteiger partial charge is 0.370 e. The Kier molecular flexibility index (Phi) is 4.47. The van der Waals surface area contributed by atoms with Crippen molar-refractivity contribution in [3.05, 3.63) is 34.4 Å². The number of benzene rings is 1. The van der Waals surface area contributed by atoms with Gasteiger partial charge in [-0.2, -0.15) is 0 Å². The molecule has 2 rings (SSSR count). The van der Waals surface area contributed by atoms with Crippen LogP contribution in [0.1, 0.15) is 19.4 Å². The average Bonchev–Trinajstić information content (AvgIpc) is 2.71. The van der Waals surface area contributed by atoms with Crippen molar-refractivity contribution >= 4 is 32.8 Å². The lowest BCUT2D eigenvalue weighted by molar-refractivity contribution is 0.723. The van der Waals surface area contributed by atoms with Crippen molar-refractivity contribution in [2.45, 2.75) is 26.3 Å². The summed E-state index contributed by atoms with van der Waals surface area (Å²) in [7, 11) is 0. The molecule has 0 aliphatic carbocycles. The quantitative estimate of drug-likeness (QED) is 0.598. The van der Waals surface area contributed by atoms with E-state index in [9.17, 15) is 0 Å². The molecule has 1 aromatic carbocycles. The lowest BCUT2D eigenvalue weighted by Gasteiger charge is -2.08. The van der Waals surface area contributed by atoms with Gasteiger partial charge in [-0.3, -0.25) is 4.99 Å². The number of hydrogen-bond donors (Lipinski definition) is 3. The smallest absolute Gasteiger partial charge is 0.188 e. The molecule has 4 N–H and O–H groups in total. The maximum atomic E-state index is 5.77. The summed E-state index contributed by atoms with van der Waals surface area (Å²) < 4.78 is 1.09. The highest BCUT2D eigenvalue weighted by Crippen LogP contribution is 2.22. The molecular formula is C14H19BrN4. The van der Waals surface area contributed by atoms with E-state index in [1.165, 1.54) is 10.9 Å². The summed E-state index contributed by atoms with van der Waals surface area (Å²) in [4.78, 5) is 7.60. The summed E-state index contributed by atoms with van der Waals surface area (Å²) >= 11 is 3.50. The van der Waals surface area contributed by atoms with Crippen molar-refractivity contribution in [3.63, 3.8) is 0 Å². The molecule has 0 fully saturated rings. The molecule has 5 heteroatoms. The van der Waals surface area contributed by atoms with Gasteiger partial charge in [0.05, 0.1) is 0 Å². The van der Waals surface area contributed by atoms with Crippen LogP contribution < -0.4 is 11.1 Å². The zero-order chi connectivity index (χ0) is 13.8.